The van der Waals surface area contributed by atoms with Crippen LogP contribution in [-0.2, 0) is 24.3 Å². The number of nitrogens with two attached hydrogens (primary N) is 1. The Hall–Kier alpha value is -2.14. The van der Waals surface area contributed by atoms with Crippen molar-refractivity contribution < 1.29 is 4.79 Å². The number of benzene rings is 1. The number of hydrogen-bond acceptors (Lipinski definition) is 3. The van der Waals surface area contributed by atoms with Crippen molar-refractivity contribution >= 4 is 5.91 Å². The standard InChI is InChI=1S/C17H22N4O/c18-8-7-13-3-5-14(6-4-13)12-20-17(22)15-2-1-10-21-11-9-19-16(15)21/h3-6,9,11,15H,1-2,7-8,10,12,18H2,(H,20,22). The van der Waals surface area contributed by atoms with Gasteiger partial charge in [0.25, 0.3) is 0 Å². The lowest BCUT2D eigenvalue weighted by Gasteiger charge is -2.22. The number of hydrogen-bond donors (Lipinski definition) is 2. The molecule has 3 rings (SSSR count). The molecule has 0 fully saturated rings. The van der Waals surface area contributed by atoms with Crippen LogP contribution in [0.15, 0.2) is 36.7 Å². The molecule has 22 heavy (non-hydrogen) atoms. The molecule has 1 atom stereocenters. The number of aryl methyl sites for hydroxylation is 1. The van der Waals surface area contributed by atoms with Gasteiger partial charge >= 0.3 is 0 Å². The Morgan fingerprint density at radius 3 is 2.86 bits per heavy atom. The predicted octanol–water partition coefficient (Wildman–Crippen LogP) is 1.58. The van der Waals surface area contributed by atoms with Crippen molar-refractivity contribution in [3.8, 4) is 0 Å². The third-order valence-electron chi connectivity index (χ3n) is 4.19. The first-order valence-corrected chi connectivity index (χ1v) is 7.84. The summed E-state index contributed by atoms with van der Waals surface area (Å²) in [4.78, 5) is 16.8. The van der Waals surface area contributed by atoms with Crippen molar-refractivity contribution in [2.45, 2.75) is 38.3 Å². The lowest BCUT2D eigenvalue weighted by atomic mass is 9.98. The van der Waals surface area contributed by atoms with Crippen LogP contribution in [-0.4, -0.2) is 22.0 Å². The Morgan fingerprint density at radius 2 is 2.09 bits per heavy atom. The highest BCUT2D eigenvalue weighted by Gasteiger charge is 2.27. The van der Waals surface area contributed by atoms with Gasteiger partial charge < -0.3 is 15.6 Å². The van der Waals surface area contributed by atoms with Crippen LogP contribution in [0, 0.1) is 0 Å². The SMILES string of the molecule is NCCc1ccc(CNC(=O)C2CCCn3ccnc32)cc1. The van der Waals surface area contributed by atoms with Crippen molar-refractivity contribution in [2.75, 3.05) is 6.54 Å². The molecule has 1 unspecified atom stereocenters. The second-order valence-corrected chi connectivity index (χ2v) is 5.75. The first-order valence-electron chi connectivity index (χ1n) is 7.84. The van der Waals surface area contributed by atoms with Gasteiger partial charge in [0, 0.05) is 25.5 Å². The Labute approximate surface area is 130 Å². The number of imidazole rings is 1. The highest BCUT2D eigenvalue weighted by molar-refractivity contribution is 5.82. The molecule has 0 radical (unpaired) electrons. The molecule has 1 aromatic heterocycles. The zero-order chi connectivity index (χ0) is 15.4. The number of aromatic nitrogens is 2. The third-order valence-corrected chi connectivity index (χ3v) is 4.19. The summed E-state index contributed by atoms with van der Waals surface area (Å²) in [5.74, 6) is 0.834. The molecule has 0 bridgehead atoms. The average molecular weight is 298 g/mol. The Bertz CT molecular complexity index is 632. The third kappa shape index (κ3) is 3.20. The van der Waals surface area contributed by atoms with E-state index in [2.05, 4.69) is 27.0 Å². The maximum atomic E-state index is 12.4. The van der Waals surface area contributed by atoms with Crippen molar-refractivity contribution in [2.24, 2.45) is 5.73 Å². The highest BCUT2D eigenvalue weighted by Crippen LogP contribution is 2.25. The molecule has 2 aromatic rings. The molecule has 0 spiro atoms. The van der Waals surface area contributed by atoms with E-state index in [4.69, 9.17) is 5.73 Å². The van der Waals surface area contributed by atoms with E-state index < -0.39 is 0 Å². The minimum absolute atomic E-state index is 0.0678. The first-order chi connectivity index (χ1) is 10.8. The summed E-state index contributed by atoms with van der Waals surface area (Å²) >= 11 is 0. The van der Waals surface area contributed by atoms with Gasteiger partial charge in [-0.25, -0.2) is 4.98 Å². The van der Waals surface area contributed by atoms with E-state index in [1.165, 1.54) is 5.56 Å². The molecule has 1 aromatic carbocycles. The van der Waals surface area contributed by atoms with Crippen molar-refractivity contribution in [3.05, 3.63) is 53.6 Å². The predicted molar refractivity (Wildman–Crippen MR) is 85.2 cm³/mol. The van der Waals surface area contributed by atoms with Gasteiger partial charge in [-0.05, 0) is 36.9 Å². The molecular formula is C17H22N4O. The van der Waals surface area contributed by atoms with E-state index in [9.17, 15) is 4.79 Å². The minimum atomic E-state index is -0.125. The van der Waals surface area contributed by atoms with E-state index in [0.717, 1.165) is 37.2 Å². The number of rotatable bonds is 5. The molecule has 116 valence electrons. The summed E-state index contributed by atoms with van der Waals surface area (Å²) in [6.07, 6.45) is 6.51. The maximum absolute atomic E-state index is 12.4. The molecule has 0 saturated heterocycles. The van der Waals surface area contributed by atoms with Gasteiger partial charge in [-0.1, -0.05) is 24.3 Å². The summed E-state index contributed by atoms with van der Waals surface area (Å²) in [6.45, 7) is 2.17. The summed E-state index contributed by atoms with van der Waals surface area (Å²) < 4.78 is 2.08. The summed E-state index contributed by atoms with van der Waals surface area (Å²) in [5, 5.41) is 3.03. The Kier molecular flexibility index (Phi) is 4.53. The van der Waals surface area contributed by atoms with Gasteiger partial charge in [-0.15, -0.1) is 0 Å². The normalized spacial score (nSPS) is 17.0. The van der Waals surface area contributed by atoms with Crippen molar-refractivity contribution in [1.29, 1.82) is 0 Å². The number of carbonyl (C=O) groups is 1. The second-order valence-electron chi connectivity index (χ2n) is 5.75. The topological polar surface area (TPSA) is 72.9 Å². The van der Waals surface area contributed by atoms with Gasteiger partial charge in [0.15, 0.2) is 0 Å². The van der Waals surface area contributed by atoms with Crippen LogP contribution in [0.4, 0.5) is 0 Å². The van der Waals surface area contributed by atoms with E-state index in [1.54, 1.807) is 6.20 Å². The minimum Gasteiger partial charge on any atom is -0.351 e. The lowest BCUT2D eigenvalue weighted by Crippen LogP contribution is -2.32. The average Bonchev–Trinajstić information content (AvgIpc) is 3.02. The number of carbonyl (C=O) groups excluding carboxylic acids is 1. The quantitative estimate of drug-likeness (QED) is 0.880. The fourth-order valence-electron chi connectivity index (χ4n) is 2.97. The van der Waals surface area contributed by atoms with Crippen LogP contribution in [0.5, 0.6) is 0 Å². The number of nitrogens with one attached hydrogen (secondary N) is 1. The van der Waals surface area contributed by atoms with Gasteiger partial charge in [0.05, 0.1) is 5.92 Å². The van der Waals surface area contributed by atoms with Gasteiger partial charge in [-0.2, -0.15) is 0 Å². The number of amides is 1. The van der Waals surface area contributed by atoms with Crippen LogP contribution < -0.4 is 11.1 Å². The van der Waals surface area contributed by atoms with Crippen LogP contribution >= 0.6 is 0 Å². The molecule has 3 N–H and O–H groups in total. The highest BCUT2D eigenvalue weighted by atomic mass is 16.1. The zero-order valence-electron chi connectivity index (χ0n) is 12.7. The van der Waals surface area contributed by atoms with Crippen molar-refractivity contribution in [3.63, 3.8) is 0 Å². The monoisotopic (exact) mass is 298 g/mol. The molecule has 5 nitrogen and oxygen atoms in total. The van der Waals surface area contributed by atoms with Crippen LogP contribution in [0.1, 0.15) is 35.7 Å². The molecule has 5 heteroatoms. The molecule has 1 amide bonds. The second kappa shape index (κ2) is 6.75. The van der Waals surface area contributed by atoms with Crippen molar-refractivity contribution in [1.82, 2.24) is 14.9 Å². The molecular weight excluding hydrogens is 276 g/mol. The fourth-order valence-corrected chi connectivity index (χ4v) is 2.97. The summed E-state index contributed by atoms with van der Waals surface area (Å²) in [6, 6.07) is 8.24. The van der Waals surface area contributed by atoms with E-state index in [-0.39, 0.29) is 11.8 Å². The molecule has 1 aliphatic heterocycles. The lowest BCUT2D eigenvalue weighted by molar-refractivity contribution is -0.123. The largest absolute Gasteiger partial charge is 0.351 e. The zero-order valence-corrected chi connectivity index (χ0v) is 12.7. The van der Waals surface area contributed by atoms with E-state index >= 15 is 0 Å². The van der Waals surface area contributed by atoms with Crippen LogP contribution in [0.25, 0.3) is 0 Å². The molecule has 2 heterocycles. The first kappa shape index (κ1) is 14.8. The molecule has 1 aliphatic rings. The smallest absolute Gasteiger partial charge is 0.230 e. The van der Waals surface area contributed by atoms with Gasteiger partial charge in [0.1, 0.15) is 5.82 Å². The molecule has 0 aliphatic carbocycles. The number of nitrogens with zero attached hydrogens (tertiary/aromatic N) is 2. The van der Waals surface area contributed by atoms with E-state index in [1.807, 2.05) is 18.3 Å². The molecule has 0 saturated carbocycles. The van der Waals surface area contributed by atoms with E-state index in [0.29, 0.717) is 13.1 Å². The van der Waals surface area contributed by atoms with Crippen LogP contribution in [0.3, 0.4) is 0 Å². The summed E-state index contributed by atoms with van der Waals surface area (Å²) in [5.41, 5.74) is 7.88. The maximum Gasteiger partial charge on any atom is 0.230 e. The Morgan fingerprint density at radius 1 is 1.32 bits per heavy atom. The van der Waals surface area contributed by atoms with Gasteiger partial charge in [0.2, 0.25) is 5.91 Å². The van der Waals surface area contributed by atoms with Crippen LogP contribution in [0.2, 0.25) is 0 Å². The van der Waals surface area contributed by atoms with Gasteiger partial charge in [-0.3, -0.25) is 4.79 Å². The summed E-state index contributed by atoms with van der Waals surface area (Å²) in [7, 11) is 0. The number of fused-ring (bicyclic) bond motifs is 1. The fraction of sp³-hybridized carbons (Fsp3) is 0.412. The Balaban J connectivity index is 1.59.